The second kappa shape index (κ2) is 6.36. The highest BCUT2D eigenvalue weighted by Gasteiger charge is 2.23. The average Bonchev–Trinajstić information content (AvgIpc) is 2.62. The van der Waals surface area contributed by atoms with E-state index in [9.17, 15) is 9.18 Å². The van der Waals surface area contributed by atoms with E-state index in [1.807, 2.05) is 0 Å². The second-order valence-corrected chi connectivity index (χ2v) is 4.84. The van der Waals surface area contributed by atoms with Gasteiger partial charge in [-0.25, -0.2) is 4.39 Å². The van der Waals surface area contributed by atoms with E-state index in [0.717, 1.165) is 19.3 Å². The molecule has 3 nitrogen and oxygen atoms in total. The third-order valence-corrected chi connectivity index (χ3v) is 3.15. The molecule has 6 heteroatoms. The van der Waals surface area contributed by atoms with Gasteiger partial charge in [0.25, 0.3) is 5.91 Å². The van der Waals surface area contributed by atoms with Crippen LogP contribution in [0.4, 0.5) is 4.39 Å². The van der Waals surface area contributed by atoms with Gasteiger partial charge in [0.1, 0.15) is 5.82 Å². The van der Waals surface area contributed by atoms with Gasteiger partial charge in [-0.05, 0) is 37.5 Å². The molecule has 0 unspecified atom stereocenters. The Balaban J connectivity index is 0.00000162. The first kappa shape index (κ1) is 15.2. The summed E-state index contributed by atoms with van der Waals surface area (Å²) in [4.78, 5) is 11.8. The van der Waals surface area contributed by atoms with Crippen LogP contribution in [0, 0.1) is 5.82 Å². The largest absolute Gasteiger partial charge is 0.349 e. The number of carbonyl (C=O) groups is 1. The summed E-state index contributed by atoms with van der Waals surface area (Å²) in [5, 5.41) is 3.06. The number of halogens is 3. The Morgan fingerprint density at radius 3 is 2.67 bits per heavy atom. The molecule has 1 aromatic rings. The number of rotatable bonds is 2. The van der Waals surface area contributed by atoms with Crippen molar-refractivity contribution in [2.24, 2.45) is 5.73 Å². The lowest BCUT2D eigenvalue weighted by molar-refractivity contribution is 0.0937. The first-order valence-corrected chi connectivity index (χ1v) is 5.95. The summed E-state index contributed by atoms with van der Waals surface area (Å²) in [7, 11) is 0. The van der Waals surface area contributed by atoms with Crippen LogP contribution in [0.2, 0.25) is 5.02 Å². The predicted molar refractivity (Wildman–Crippen MR) is 71.7 cm³/mol. The molecule has 1 fully saturated rings. The van der Waals surface area contributed by atoms with E-state index in [0.29, 0.717) is 0 Å². The summed E-state index contributed by atoms with van der Waals surface area (Å²) in [6.07, 6.45) is 2.56. The molecular weight excluding hydrogens is 278 g/mol. The molecule has 2 atom stereocenters. The van der Waals surface area contributed by atoms with Gasteiger partial charge in [-0.2, -0.15) is 0 Å². The number of nitrogens with one attached hydrogen (secondary N) is 1. The molecule has 0 aliphatic heterocycles. The molecule has 0 aromatic heterocycles. The molecule has 18 heavy (non-hydrogen) atoms. The molecule has 0 heterocycles. The minimum Gasteiger partial charge on any atom is -0.349 e. The number of amides is 1. The summed E-state index contributed by atoms with van der Waals surface area (Å²) in [5.41, 5.74) is 6.00. The highest BCUT2D eigenvalue weighted by molar-refractivity contribution is 6.31. The zero-order chi connectivity index (χ0) is 12.4. The van der Waals surface area contributed by atoms with Gasteiger partial charge in [-0.1, -0.05) is 11.6 Å². The highest BCUT2D eigenvalue weighted by atomic mass is 35.5. The molecule has 0 radical (unpaired) electrons. The van der Waals surface area contributed by atoms with Crippen LogP contribution >= 0.6 is 24.0 Å². The molecule has 100 valence electrons. The van der Waals surface area contributed by atoms with E-state index in [1.165, 1.54) is 18.2 Å². The van der Waals surface area contributed by atoms with Gasteiger partial charge in [-0.3, -0.25) is 4.79 Å². The Morgan fingerprint density at radius 1 is 1.39 bits per heavy atom. The van der Waals surface area contributed by atoms with Crippen LogP contribution in [0.5, 0.6) is 0 Å². The van der Waals surface area contributed by atoms with Crippen molar-refractivity contribution in [1.29, 1.82) is 0 Å². The predicted octanol–water partition coefficient (Wildman–Crippen LogP) is 2.51. The van der Waals surface area contributed by atoms with Gasteiger partial charge in [0, 0.05) is 22.7 Å². The van der Waals surface area contributed by atoms with Crippen molar-refractivity contribution >= 4 is 29.9 Å². The third kappa shape index (κ3) is 3.83. The quantitative estimate of drug-likeness (QED) is 0.880. The van der Waals surface area contributed by atoms with Crippen LogP contribution < -0.4 is 11.1 Å². The zero-order valence-corrected chi connectivity index (χ0v) is 11.2. The van der Waals surface area contributed by atoms with E-state index in [1.54, 1.807) is 0 Å². The van der Waals surface area contributed by atoms with Crippen molar-refractivity contribution in [2.75, 3.05) is 0 Å². The average molecular weight is 293 g/mol. The molecule has 1 aliphatic carbocycles. The lowest BCUT2D eigenvalue weighted by Gasteiger charge is -2.12. The fourth-order valence-corrected chi connectivity index (χ4v) is 2.32. The standard InChI is InChI=1S/C12H14ClFN2O.ClH/c13-8-3-7(4-9(14)5-8)12(17)16-11-2-1-10(15)6-11;/h3-5,10-11H,1-2,6,15H2,(H,16,17);1H/t10-,11-;/m1./s1. The molecule has 1 amide bonds. The van der Waals surface area contributed by atoms with Crippen LogP contribution in [0.15, 0.2) is 18.2 Å². The normalized spacial score (nSPS) is 22.4. The van der Waals surface area contributed by atoms with Crippen LogP contribution in [0.1, 0.15) is 29.6 Å². The fourth-order valence-electron chi connectivity index (χ4n) is 2.10. The van der Waals surface area contributed by atoms with Gasteiger partial charge in [-0.15, -0.1) is 12.4 Å². The molecule has 1 aliphatic rings. The Kier molecular flexibility index (Phi) is 5.38. The SMILES string of the molecule is Cl.N[C@@H]1CC[C@@H](NC(=O)c2cc(F)cc(Cl)c2)C1. The summed E-state index contributed by atoms with van der Waals surface area (Å²) >= 11 is 5.69. The van der Waals surface area contributed by atoms with E-state index in [-0.39, 0.29) is 41.0 Å². The van der Waals surface area contributed by atoms with Crippen LogP contribution in [-0.2, 0) is 0 Å². The third-order valence-electron chi connectivity index (χ3n) is 2.93. The molecule has 1 saturated carbocycles. The Hall–Kier alpha value is -0.840. The molecule has 1 aromatic carbocycles. The fraction of sp³-hybridized carbons (Fsp3) is 0.417. The molecule has 0 bridgehead atoms. The molecular formula is C12H15Cl2FN2O. The molecule has 2 rings (SSSR count). The number of hydrogen-bond donors (Lipinski definition) is 2. The van der Waals surface area contributed by atoms with Crippen molar-refractivity contribution in [3.8, 4) is 0 Å². The van der Waals surface area contributed by atoms with E-state index < -0.39 is 5.82 Å². The van der Waals surface area contributed by atoms with Gasteiger partial charge in [0.15, 0.2) is 0 Å². The van der Waals surface area contributed by atoms with Crippen LogP contribution in [0.3, 0.4) is 0 Å². The van der Waals surface area contributed by atoms with Crippen LogP contribution in [0.25, 0.3) is 0 Å². The maximum absolute atomic E-state index is 13.1. The molecule has 0 spiro atoms. The molecule has 3 N–H and O–H groups in total. The monoisotopic (exact) mass is 292 g/mol. The van der Waals surface area contributed by atoms with Crippen molar-refractivity contribution in [3.63, 3.8) is 0 Å². The smallest absolute Gasteiger partial charge is 0.251 e. The van der Waals surface area contributed by atoms with Crippen molar-refractivity contribution in [1.82, 2.24) is 5.32 Å². The maximum Gasteiger partial charge on any atom is 0.251 e. The van der Waals surface area contributed by atoms with E-state index in [4.69, 9.17) is 17.3 Å². The Morgan fingerprint density at radius 2 is 2.11 bits per heavy atom. The van der Waals surface area contributed by atoms with E-state index >= 15 is 0 Å². The van der Waals surface area contributed by atoms with Gasteiger partial charge < -0.3 is 11.1 Å². The topological polar surface area (TPSA) is 55.1 Å². The minimum absolute atomic E-state index is 0. The summed E-state index contributed by atoms with van der Waals surface area (Å²) < 4.78 is 13.1. The summed E-state index contributed by atoms with van der Waals surface area (Å²) in [6, 6.07) is 4.03. The Bertz CT molecular complexity index is 422. The number of benzene rings is 1. The summed E-state index contributed by atoms with van der Waals surface area (Å²) in [6.45, 7) is 0. The first-order chi connectivity index (χ1) is 8.04. The maximum atomic E-state index is 13.1. The van der Waals surface area contributed by atoms with Crippen molar-refractivity contribution < 1.29 is 9.18 Å². The number of nitrogens with two attached hydrogens (primary N) is 1. The van der Waals surface area contributed by atoms with E-state index in [2.05, 4.69) is 5.32 Å². The molecule has 0 saturated heterocycles. The lowest BCUT2D eigenvalue weighted by Crippen LogP contribution is -2.34. The van der Waals surface area contributed by atoms with Gasteiger partial charge in [0.2, 0.25) is 0 Å². The minimum atomic E-state index is -0.509. The Labute approximate surface area is 116 Å². The van der Waals surface area contributed by atoms with Crippen molar-refractivity contribution in [2.45, 2.75) is 31.3 Å². The second-order valence-electron chi connectivity index (χ2n) is 4.40. The van der Waals surface area contributed by atoms with Gasteiger partial charge >= 0.3 is 0 Å². The number of hydrogen-bond acceptors (Lipinski definition) is 2. The number of carbonyl (C=O) groups excluding carboxylic acids is 1. The van der Waals surface area contributed by atoms with Gasteiger partial charge in [0.05, 0.1) is 0 Å². The summed E-state index contributed by atoms with van der Waals surface area (Å²) in [5.74, 6) is -0.809. The van der Waals surface area contributed by atoms with Crippen molar-refractivity contribution in [3.05, 3.63) is 34.6 Å². The first-order valence-electron chi connectivity index (χ1n) is 5.57. The lowest BCUT2D eigenvalue weighted by atomic mass is 10.1. The zero-order valence-electron chi connectivity index (χ0n) is 9.66. The highest BCUT2D eigenvalue weighted by Crippen LogP contribution is 2.19. The van der Waals surface area contributed by atoms with Crippen LogP contribution in [-0.4, -0.2) is 18.0 Å².